The first-order valence-corrected chi connectivity index (χ1v) is 4.52. The van der Waals surface area contributed by atoms with Crippen LogP contribution in [0.15, 0.2) is 12.5 Å². The molecule has 0 aliphatic carbocycles. The van der Waals surface area contributed by atoms with Crippen LogP contribution in [0.25, 0.3) is 0 Å². The Balaban J connectivity index is 0.00000196. The summed E-state index contributed by atoms with van der Waals surface area (Å²) in [5, 5.41) is 2.69. The third-order valence-electron chi connectivity index (χ3n) is 1.66. The van der Waals surface area contributed by atoms with Gasteiger partial charge in [0.2, 0.25) is 0 Å². The van der Waals surface area contributed by atoms with Crippen molar-refractivity contribution in [1.82, 2.24) is 9.97 Å². The molecule has 84 valence electrons. The summed E-state index contributed by atoms with van der Waals surface area (Å²) in [6, 6.07) is 0. The second-order valence-electron chi connectivity index (χ2n) is 2.52. The lowest BCUT2D eigenvalue weighted by Gasteiger charge is -2.12. The lowest BCUT2D eigenvalue weighted by atomic mass is 10.2. The Morgan fingerprint density at radius 2 is 2.47 bits per heavy atom. The number of aromatic nitrogens is 2. The maximum atomic E-state index is 9.99. The van der Waals surface area contributed by atoms with Gasteiger partial charge >= 0.3 is 0 Å². The van der Waals surface area contributed by atoms with Gasteiger partial charge in [-0.25, -0.2) is 9.97 Å². The first-order valence-electron chi connectivity index (χ1n) is 4.00. The van der Waals surface area contributed by atoms with Crippen molar-refractivity contribution in [2.45, 2.75) is 12.7 Å². The monoisotopic (exact) mass is 229 g/mol. The Labute approximate surface area is 94.7 Å². The molecule has 6 heteroatoms. The minimum absolute atomic E-state index is 0. The summed E-state index contributed by atoms with van der Waals surface area (Å²) in [6.45, 7) is 0.598. The SMILES string of the molecule is C.CNc1ncncc1C(S)COC=O. The van der Waals surface area contributed by atoms with E-state index in [2.05, 4.69) is 32.7 Å². The van der Waals surface area contributed by atoms with Crippen molar-refractivity contribution in [2.75, 3.05) is 19.0 Å². The number of carbonyl (C=O) groups is 1. The Morgan fingerprint density at radius 3 is 3.07 bits per heavy atom. The molecule has 0 aliphatic heterocycles. The van der Waals surface area contributed by atoms with Crippen LogP contribution in [0.2, 0.25) is 0 Å². The number of rotatable bonds is 5. The molecule has 1 unspecified atom stereocenters. The van der Waals surface area contributed by atoms with Gasteiger partial charge in [-0.3, -0.25) is 4.79 Å². The number of ether oxygens (including phenoxy) is 1. The maximum Gasteiger partial charge on any atom is 0.293 e. The lowest BCUT2D eigenvalue weighted by Crippen LogP contribution is -2.06. The molecule has 1 rings (SSSR count). The number of nitrogens with zero attached hydrogens (tertiary/aromatic N) is 2. The molecule has 1 N–H and O–H groups in total. The third-order valence-corrected chi connectivity index (χ3v) is 2.09. The number of hydrogen-bond donors (Lipinski definition) is 2. The molecule has 0 radical (unpaired) electrons. The zero-order valence-electron chi connectivity index (χ0n) is 7.67. The fourth-order valence-corrected chi connectivity index (χ4v) is 1.29. The minimum atomic E-state index is -0.219. The molecule has 1 heterocycles. The van der Waals surface area contributed by atoms with Crippen molar-refractivity contribution < 1.29 is 9.53 Å². The summed E-state index contributed by atoms with van der Waals surface area (Å²) >= 11 is 4.27. The van der Waals surface area contributed by atoms with E-state index in [0.29, 0.717) is 12.3 Å². The van der Waals surface area contributed by atoms with Crippen LogP contribution in [0.5, 0.6) is 0 Å². The molecule has 5 nitrogen and oxygen atoms in total. The molecule has 0 aliphatic rings. The van der Waals surface area contributed by atoms with Gasteiger partial charge in [0.15, 0.2) is 0 Å². The number of carbonyl (C=O) groups excluding carboxylic acids is 1. The lowest BCUT2D eigenvalue weighted by molar-refractivity contribution is -0.128. The Kier molecular flexibility index (Phi) is 6.44. The van der Waals surface area contributed by atoms with E-state index in [0.717, 1.165) is 5.56 Å². The van der Waals surface area contributed by atoms with E-state index in [-0.39, 0.29) is 19.3 Å². The predicted molar refractivity (Wildman–Crippen MR) is 62.1 cm³/mol. The second kappa shape index (κ2) is 7.05. The van der Waals surface area contributed by atoms with Crippen molar-refractivity contribution in [3.05, 3.63) is 18.1 Å². The van der Waals surface area contributed by atoms with Crippen LogP contribution >= 0.6 is 12.6 Å². The van der Waals surface area contributed by atoms with E-state index >= 15 is 0 Å². The first-order chi connectivity index (χ1) is 6.79. The third kappa shape index (κ3) is 3.75. The molecule has 1 aromatic rings. The van der Waals surface area contributed by atoms with Crippen LogP contribution in [0.4, 0.5) is 5.82 Å². The van der Waals surface area contributed by atoms with E-state index < -0.39 is 0 Å². The molecule has 0 fully saturated rings. The number of nitrogens with one attached hydrogen (secondary N) is 1. The largest absolute Gasteiger partial charge is 0.466 e. The van der Waals surface area contributed by atoms with E-state index in [1.165, 1.54) is 6.33 Å². The highest BCUT2D eigenvalue weighted by Gasteiger charge is 2.12. The summed E-state index contributed by atoms with van der Waals surface area (Å²) in [6.07, 6.45) is 3.08. The van der Waals surface area contributed by atoms with Gasteiger partial charge in [0.05, 0.1) is 5.25 Å². The van der Waals surface area contributed by atoms with Crippen LogP contribution in [0, 0.1) is 0 Å². The second-order valence-corrected chi connectivity index (χ2v) is 3.15. The van der Waals surface area contributed by atoms with Crippen LogP contribution in [0.3, 0.4) is 0 Å². The van der Waals surface area contributed by atoms with Crippen LogP contribution in [-0.2, 0) is 9.53 Å². The topological polar surface area (TPSA) is 64.1 Å². The van der Waals surface area contributed by atoms with Gasteiger partial charge in [-0.15, -0.1) is 0 Å². The highest BCUT2D eigenvalue weighted by Crippen LogP contribution is 2.24. The summed E-state index contributed by atoms with van der Waals surface area (Å²) < 4.78 is 4.61. The number of anilines is 1. The maximum absolute atomic E-state index is 9.99. The summed E-state index contributed by atoms with van der Waals surface area (Å²) in [5.41, 5.74) is 0.806. The van der Waals surface area contributed by atoms with Crippen LogP contribution in [0.1, 0.15) is 18.2 Å². The highest BCUT2D eigenvalue weighted by molar-refractivity contribution is 7.80. The van der Waals surface area contributed by atoms with Gasteiger partial charge in [-0.05, 0) is 0 Å². The predicted octanol–water partition coefficient (Wildman–Crippen LogP) is 1.30. The first kappa shape index (κ1) is 13.7. The van der Waals surface area contributed by atoms with Gasteiger partial charge in [0, 0.05) is 18.8 Å². The average molecular weight is 229 g/mol. The molecule has 15 heavy (non-hydrogen) atoms. The molecule has 0 spiro atoms. The van der Waals surface area contributed by atoms with Gasteiger partial charge in [-0.2, -0.15) is 12.6 Å². The Hall–Kier alpha value is -1.30. The normalized spacial score (nSPS) is 11.1. The Bertz CT molecular complexity index is 309. The smallest absolute Gasteiger partial charge is 0.293 e. The molecular weight excluding hydrogens is 214 g/mol. The Morgan fingerprint density at radius 1 is 1.73 bits per heavy atom. The van der Waals surface area contributed by atoms with Crippen molar-refractivity contribution in [3.8, 4) is 0 Å². The highest BCUT2D eigenvalue weighted by atomic mass is 32.1. The van der Waals surface area contributed by atoms with Gasteiger partial charge < -0.3 is 10.1 Å². The molecular formula is C9H15N3O2S. The van der Waals surface area contributed by atoms with E-state index in [1.54, 1.807) is 13.2 Å². The standard InChI is InChI=1S/C8H11N3O2S.CH4/c1-9-8-6(2-10-4-11-8)7(14)3-13-5-12;/h2,4-5,7,14H,3H2,1H3,(H,9,10,11);1H4. The van der Waals surface area contributed by atoms with Crippen molar-refractivity contribution >= 4 is 24.9 Å². The zero-order chi connectivity index (χ0) is 10.4. The molecule has 0 aromatic carbocycles. The zero-order valence-corrected chi connectivity index (χ0v) is 8.57. The van der Waals surface area contributed by atoms with Gasteiger partial charge in [0.1, 0.15) is 18.8 Å². The summed E-state index contributed by atoms with van der Waals surface area (Å²) in [7, 11) is 1.76. The molecule has 0 saturated heterocycles. The fraction of sp³-hybridized carbons (Fsp3) is 0.444. The molecule has 0 amide bonds. The summed E-state index contributed by atoms with van der Waals surface area (Å²) in [4.78, 5) is 17.9. The van der Waals surface area contributed by atoms with E-state index in [1.807, 2.05) is 0 Å². The van der Waals surface area contributed by atoms with Gasteiger partial charge in [-0.1, -0.05) is 7.43 Å². The van der Waals surface area contributed by atoms with Crippen molar-refractivity contribution in [3.63, 3.8) is 0 Å². The van der Waals surface area contributed by atoms with E-state index in [4.69, 9.17) is 0 Å². The van der Waals surface area contributed by atoms with Crippen LogP contribution in [-0.4, -0.2) is 30.1 Å². The van der Waals surface area contributed by atoms with Crippen molar-refractivity contribution in [1.29, 1.82) is 0 Å². The van der Waals surface area contributed by atoms with E-state index in [9.17, 15) is 4.79 Å². The van der Waals surface area contributed by atoms with Crippen LogP contribution < -0.4 is 5.32 Å². The quantitative estimate of drug-likeness (QED) is 0.588. The molecule has 0 saturated carbocycles. The molecule has 1 aromatic heterocycles. The minimum Gasteiger partial charge on any atom is -0.466 e. The molecule has 1 atom stereocenters. The fourth-order valence-electron chi connectivity index (χ4n) is 1.01. The van der Waals surface area contributed by atoms with Gasteiger partial charge in [0.25, 0.3) is 6.47 Å². The summed E-state index contributed by atoms with van der Waals surface area (Å²) in [5.74, 6) is 0.689. The number of thiol groups is 1. The van der Waals surface area contributed by atoms with Crippen molar-refractivity contribution in [2.24, 2.45) is 0 Å². The number of hydrogen-bond acceptors (Lipinski definition) is 6. The molecule has 0 bridgehead atoms. The average Bonchev–Trinajstić information content (AvgIpc) is 2.25.